The highest BCUT2D eigenvalue weighted by Gasteiger charge is 2.45. The molecule has 6 heteroatoms. The number of carbonyl (C=O) groups is 1. The van der Waals surface area contributed by atoms with E-state index in [1.54, 1.807) is 0 Å². The molecule has 1 aliphatic rings. The average Bonchev–Trinajstić information content (AvgIpc) is 2.91. The van der Waals surface area contributed by atoms with Crippen LogP contribution in [0.5, 0.6) is 0 Å². The number of ether oxygens (including phenoxy) is 3. The van der Waals surface area contributed by atoms with Crippen LogP contribution in [0.1, 0.15) is 5.56 Å². The van der Waals surface area contributed by atoms with Crippen LogP contribution < -0.4 is 0 Å². The molecule has 1 aliphatic heterocycles. The Kier molecular flexibility index (Phi) is 5.52. The van der Waals surface area contributed by atoms with Crippen molar-refractivity contribution in [3.63, 3.8) is 0 Å². The Morgan fingerprint density at radius 3 is 2.57 bits per heavy atom. The van der Waals surface area contributed by atoms with E-state index < -0.39 is 24.9 Å². The Balaban J connectivity index is 1.98. The maximum Gasteiger partial charge on any atom is 0.410 e. The molecule has 1 amide bonds. The average molecular weight is 297 g/mol. The second kappa shape index (κ2) is 7.38. The fraction of sp³-hybridized carbons (Fsp3) is 0.533. The summed E-state index contributed by atoms with van der Waals surface area (Å²) in [5, 5.41) is 0. The van der Waals surface area contributed by atoms with Crippen LogP contribution in [0, 0.1) is 0 Å². The van der Waals surface area contributed by atoms with E-state index in [-0.39, 0.29) is 19.3 Å². The SMILES string of the molecule is CO[C@@H]1[C@H](OC)CN(C(=O)OCc2ccccc2)[C@H]1CF. The van der Waals surface area contributed by atoms with Gasteiger partial charge in [-0.25, -0.2) is 9.18 Å². The topological polar surface area (TPSA) is 48.0 Å². The smallest absolute Gasteiger partial charge is 0.410 e. The van der Waals surface area contributed by atoms with E-state index in [0.29, 0.717) is 0 Å². The van der Waals surface area contributed by atoms with Crippen molar-refractivity contribution in [2.24, 2.45) is 0 Å². The van der Waals surface area contributed by atoms with E-state index in [4.69, 9.17) is 14.2 Å². The van der Waals surface area contributed by atoms with E-state index in [1.807, 2.05) is 30.3 Å². The lowest BCUT2D eigenvalue weighted by Gasteiger charge is -2.24. The third kappa shape index (κ3) is 3.51. The number of benzene rings is 1. The first-order valence-electron chi connectivity index (χ1n) is 6.80. The maximum atomic E-state index is 13.2. The molecular formula is C15H20FNO4. The molecule has 0 bridgehead atoms. The number of methoxy groups -OCH3 is 2. The largest absolute Gasteiger partial charge is 0.445 e. The summed E-state index contributed by atoms with van der Waals surface area (Å²) in [6.45, 7) is -0.277. The summed E-state index contributed by atoms with van der Waals surface area (Å²) in [4.78, 5) is 13.5. The Morgan fingerprint density at radius 1 is 1.29 bits per heavy atom. The molecule has 0 aromatic heterocycles. The standard InChI is InChI=1S/C15H20FNO4/c1-19-13-9-17(12(8-16)14(13)20-2)15(18)21-10-11-6-4-3-5-7-11/h3-7,12-14H,8-10H2,1-2H3/t12-,13+,14-/m0/s1. The van der Waals surface area contributed by atoms with Gasteiger partial charge >= 0.3 is 6.09 Å². The number of amides is 1. The zero-order valence-electron chi connectivity index (χ0n) is 12.2. The molecule has 1 fully saturated rings. The van der Waals surface area contributed by atoms with Gasteiger partial charge in [-0.15, -0.1) is 0 Å². The molecule has 0 aliphatic carbocycles. The number of alkyl halides is 1. The van der Waals surface area contributed by atoms with E-state index in [0.717, 1.165) is 5.56 Å². The summed E-state index contributed by atoms with van der Waals surface area (Å²) >= 11 is 0. The second-order valence-corrected chi connectivity index (χ2v) is 4.89. The number of hydrogen-bond donors (Lipinski definition) is 0. The lowest BCUT2D eigenvalue weighted by molar-refractivity contribution is -0.0227. The first-order chi connectivity index (χ1) is 10.2. The molecule has 116 valence electrons. The number of nitrogens with zero attached hydrogens (tertiary/aromatic N) is 1. The summed E-state index contributed by atoms with van der Waals surface area (Å²) in [6, 6.07) is 8.66. The van der Waals surface area contributed by atoms with Crippen LogP contribution in [0.4, 0.5) is 9.18 Å². The number of rotatable bonds is 5. The summed E-state index contributed by atoms with van der Waals surface area (Å²) in [5.74, 6) is 0. The van der Waals surface area contributed by atoms with Crippen LogP contribution in [-0.2, 0) is 20.8 Å². The highest BCUT2D eigenvalue weighted by atomic mass is 19.1. The zero-order chi connectivity index (χ0) is 15.2. The van der Waals surface area contributed by atoms with Crippen molar-refractivity contribution in [3.8, 4) is 0 Å². The Labute approximate surface area is 123 Å². The summed E-state index contributed by atoms with van der Waals surface area (Å²) < 4.78 is 29.0. The molecule has 1 aromatic rings. The van der Waals surface area contributed by atoms with Gasteiger partial charge in [-0.05, 0) is 5.56 Å². The van der Waals surface area contributed by atoms with Gasteiger partial charge in [0, 0.05) is 14.2 Å². The van der Waals surface area contributed by atoms with Crippen molar-refractivity contribution in [3.05, 3.63) is 35.9 Å². The van der Waals surface area contributed by atoms with Crippen LogP contribution in [0.3, 0.4) is 0 Å². The van der Waals surface area contributed by atoms with Gasteiger partial charge in [0.15, 0.2) is 0 Å². The highest BCUT2D eigenvalue weighted by Crippen LogP contribution is 2.24. The van der Waals surface area contributed by atoms with Gasteiger partial charge < -0.3 is 14.2 Å². The van der Waals surface area contributed by atoms with Crippen molar-refractivity contribution in [1.29, 1.82) is 0 Å². The zero-order valence-corrected chi connectivity index (χ0v) is 12.2. The van der Waals surface area contributed by atoms with Gasteiger partial charge in [-0.2, -0.15) is 0 Å². The van der Waals surface area contributed by atoms with Crippen molar-refractivity contribution in [2.45, 2.75) is 24.9 Å². The van der Waals surface area contributed by atoms with Gasteiger partial charge in [0.25, 0.3) is 0 Å². The lowest BCUT2D eigenvalue weighted by atomic mass is 10.1. The third-order valence-corrected chi connectivity index (χ3v) is 3.70. The molecule has 0 saturated carbocycles. The predicted octanol–water partition coefficient (Wildman–Crippen LogP) is 2.01. The molecule has 21 heavy (non-hydrogen) atoms. The number of likely N-dealkylation sites (tertiary alicyclic amines) is 1. The van der Waals surface area contributed by atoms with Crippen LogP contribution in [0.2, 0.25) is 0 Å². The van der Waals surface area contributed by atoms with Crippen molar-refractivity contribution in [1.82, 2.24) is 4.90 Å². The van der Waals surface area contributed by atoms with Gasteiger partial charge in [0.2, 0.25) is 0 Å². The lowest BCUT2D eigenvalue weighted by Crippen LogP contribution is -2.42. The number of carbonyl (C=O) groups excluding carboxylic acids is 1. The van der Waals surface area contributed by atoms with Crippen molar-refractivity contribution < 1.29 is 23.4 Å². The second-order valence-electron chi connectivity index (χ2n) is 4.89. The molecule has 0 N–H and O–H groups in total. The number of halogens is 1. The summed E-state index contributed by atoms with van der Waals surface area (Å²) in [5.41, 5.74) is 0.883. The minimum Gasteiger partial charge on any atom is -0.445 e. The normalized spacial score (nSPS) is 25.1. The first kappa shape index (κ1) is 15.7. The van der Waals surface area contributed by atoms with Crippen LogP contribution in [0.25, 0.3) is 0 Å². The molecular weight excluding hydrogens is 277 g/mol. The highest BCUT2D eigenvalue weighted by molar-refractivity contribution is 5.69. The Bertz CT molecular complexity index is 456. The minimum atomic E-state index is -0.696. The molecule has 1 aromatic carbocycles. The van der Waals surface area contributed by atoms with Crippen LogP contribution in [0.15, 0.2) is 30.3 Å². The monoisotopic (exact) mass is 297 g/mol. The van der Waals surface area contributed by atoms with Gasteiger partial charge in [-0.3, -0.25) is 4.90 Å². The van der Waals surface area contributed by atoms with Gasteiger partial charge in [-0.1, -0.05) is 30.3 Å². The molecule has 0 unspecified atom stereocenters. The molecule has 1 heterocycles. The number of hydrogen-bond acceptors (Lipinski definition) is 4. The first-order valence-corrected chi connectivity index (χ1v) is 6.80. The van der Waals surface area contributed by atoms with Gasteiger partial charge in [0.1, 0.15) is 25.5 Å². The minimum absolute atomic E-state index is 0.157. The molecule has 0 radical (unpaired) electrons. The third-order valence-electron chi connectivity index (χ3n) is 3.70. The summed E-state index contributed by atoms with van der Waals surface area (Å²) in [6.07, 6.45) is -1.38. The Hall–Kier alpha value is -1.66. The summed E-state index contributed by atoms with van der Waals surface area (Å²) in [7, 11) is 3.00. The molecule has 0 spiro atoms. The maximum absolute atomic E-state index is 13.2. The van der Waals surface area contributed by atoms with E-state index in [9.17, 15) is 9.18 Å². The van der Waals surface area contributed by atoms with E-state index in [2.05, 4.69) is 0 Å². The fourth-order valence-corrected chi connectivity index (χ4v) is 2.56. The predicted molar refractivity (Wildman–Crippen MR) is 74.7 cm³/mol. The van der Waals surface area contributed by atoms with Crippen molar-refractivity contribution in [2.75, 3.05) is 27.4 Å². The molecule has 5 nitrogen and oxygen atoms in total. The molecule has 1 saturated heterocycles. The molecule has 3 atom stereocenters. The fourth-order valence-electron chi connectivity index (χ4n) is 2.56. The van der Waals surface area contributed by atoms with Crippen LogP contribution >= 0.6 is 0 Å². The van der Waals surface area contributed by atoms with E-state index >= 15 is 0 Å². The molecule has 2 rings (SSSR count). The van der Waals surface area contributed by atoms with Crippen molar-refractivity contribution >= 4 is 6.09 Å². The Morgan fingerprint density at radius 2 is 2.00 bits per heavy atom. The van der Waals surface area contributed by atoms with Crippen LogP contribution in [-0.4, -0.2) is 56.7 Å². The van der Waals surface area contributed by atoms with E-state index in [1.165, 1.54) is 19.1 Å². The van der Waals surface area contributed by atoms with Gasteiger partial charge in [0.05, 0.1) is 12.6 Å². The quantitative estimate of drug-likeness (QED) is 0.834.